The van der Waals surface area contributed by atoms with Crippen LogP contribution in [0.25, 0.3) is 0 Å². The van der Waals surface area contributed by atoms with Gasteiger partial charge in [0.05, 0.1) is 5.84 Å². The fourth-order valence-electron chi connectivity index (χ4n) is 1.09. The summed E-state index contributed by atoms with van der Waals surface area (Å²) in [5, 5.41) is 0. The fourth-order valence-corrected chi connectivity index (χ4v) is 1.09. The molecule has 0 fully saturated rings. The molecule has 0 N–H and O–H groups in total. The molecule has 0 atom stereocenters. The molecule has 13 heavy (non-hydrogen) atoms. The zero-order chi connectivity index (χ0) is 10.3. The molecular weight excluding hydrogens is 164 g/mol. The van der Waals surface area contributed by atoms with Crippen molar-refractivity contribution in [3.8, 4) is 0 Å². The lowest BCUT2D eigenvalue weighted by atomic mass is 10.2. The van der Waals surface area contributed by atoms with Crippen LogP contribution in [-0.2, 0) is 4.79 Å². The summed E-state index contributed by atoms with van der Waals surface area (Å²) in [4.78, 5) is 16.5. The normalized spacial score (nSPS) is 11.9. The van der Waals surface area contributed by atoms with Gasteiger partial charge in [0.25, 0.3) is 0 Å². The van der Waals surface area contributed by atoms with Crippen molar-refractivity contribution < 1.29 is 4.79 Å². The summed E-state index contributed by atoms with van der Waals surface area (Å²) in [6.07, 6.45) is 3.38. The molecule has 3 nitrogen and oxygen atoms in total. The predicted molar refractivity (Wildman–Crippen MR) is 56.2 cm³/mol. The minimum atomic E-state index is 0.468. The average molecular weight is 184 g/mol. The lowest BCUT2D eigenvalue weighted by molar-refractivity contribution is -0.107. The number of carbonyl (C=O) groups excluding carboxylic acids is 1. The summed E-state index contributed by atoms with van der Waals surface area (Å²) in [7, 11) is 3.84. The Morgan fingerprint density at radius 1 is 1.54 bits per heavy atom. The van der Waals surface area contributed by atoms with Gasteiger partial charge in [0, 0.05) is 33.0 Å². The van der Waals surface area contributed by atoms with E-state index in [1.54, 1.807) is 7.05 Å². The number of unbranched alkanes of at least 4 members (excludes halogenated alkanes) is 1. The summed E-state index contributed by atoms with van der Waals surface area (Å²) in [5.41, 5.74) is 0. The number of amidine groups is 1. The molecule has 0 aliphatic rings. The Morgan fingerprint density at radius 2 is 2.15 bits per heavy atom. The van der Waals surface area contributed by atoms with Crippen LogP contribution >= 0.6 is 0 Å². The van der Waals surface area contributed by atoms with Crippen molar-refractivity contribution in [3.05, 3.63) is 0 Å². The second-order valence-corrected chi connectivity index (χ2v) is 3.40. The molecule has 0 bridgehead atoms. The molecule has 0 radical (unpaired) electrons. The smallest absolute Gasteiger partial charge is 0.120 e. The first kappa shape index (κ1) is 12.1. The molecule has 76 valence electrons. The van der Waals surface area contributed by atoms with E-state index in [1.165, 1.54) is 0 Å². The highest BCUT2D eigenvalue weighted by Crippen LogP contribution is 2.03. The summed E-state index contributed by atoms with van der Waals surface area (Å²) >= 11 is 0. The zero-order valence-electron chi connectivity index (χ0n) is 9.08. The summed E-state index contributed by atoms with van der Waals surface area (Å²) in [5.74, 6) is 1.08. The Balaban J connectivity index is 3.96. The second-order valence-electron chi connectivity index (χ2n) is 3.40. The van der Waals surface area contributed by atoms with Crippen LogP contribution in [0.2, 0.25) is 0 Å². The van der Waals surface area contributed by atoms with Crippen LogP contribution in [0.4, 0.5) is 0 Å². The van der Waals surface area contributed by atoms with Crippen molar-refractivity contribution in [2.24, 2.45) is 4.99 Å². The molecule has 0 unspecified atom stereocenters. The van der Waals surface area contributed by atoms with Crippen LogP contribution in [0.15, 0.2) is 4.99 Å². The number of carbonyl (C=O) groups is 1. The lowest BCUT2D eigenvalue weighted by Crippen LogP contribution is -2.33. The Kier molecular flexibility index (Phi) is 6.20. The minimum Gasteiger partial charge on any atom is -0.361 e. The van der Waals surface area contributed by atoms with E-state index < -0.39 is 0 Å². The summed E-state index contributed by atoms with van der Waals surface area (Å²) < 4.78 is 0. The number of hydrogen-bond acceptors (Lipinski definition) is 2. The first-order valence-corrected chi connectivity index (χ1v) is 4.75. The Morgan fingerprint density at radius 3 is 2.54 bits per heavy atom. The molecule has 0 aromatic heterocycles. The van der Waals surface area contributed by atoms with E-state index in [-0.39, 0.29) is 0 Å². The standard InChI is InChI=1S/C10H20N2O/c1-9(2)12(4)10(11-3)7-5-6-8-13/h8-9H,5-7H2,1-4H3/b11-10-. The van der Waals surface area contributed by atoms with E-state index in [0.717, 1.165) is 25.0 Å². The van der Waals surface area contributed by atoms with E-state index in [2.05, 4.69) is 23.7 Å². The van der Waals surface area contributed by atoms with Gasteiger partial charge in [-0.2, -0.15) is 0 Å². The number of rotatable bonds is 5. The van der Waals surface area contributed by atoms with E-state index >= 15 is 0 Å². The maximum absolute atomic E-state index is 10.1. The number of hydrogen-bond donors (Lipinski definition) is 0. The second kappa shape index (κ2) is 6.63. The van der Waals surface area contributed by atoms with Gasteiger partial charge < -0.3 is 9.69 Å². The van der Waals surface area contributed by atoms with Crippen molar-refractivity contribution >= 4 is 12.1 Å². The average Bonchev–Trinajstić information content (AvgIpc) is 2.11. The quantitative estimate of drug-likeness (QED) is 0.282. The molecule has 0 heterocycles. The third kappa shape index (κ3) is 4.65. The van der Waals surface area contributed by atoms with Crippen LogP contribution < -0.4 is 0 Å². The number of aliphatic imine (C=N–C) groups is 1. The van der Waals surface area contributed by atoms with Crippen molar-refractivity contribution in [1.29, 1.82) is 0 Å². The van der Waals surface area contributed by atoms with Gasteiger partial charge in [-0.3, -0.25) is 4.99 Å². The van der Waals surface area contributed by atoms with Gasteiger partial charge in [-0.1, -0.05) is 0 Å². The van der Waals surface area contributed by atoms with Crippen LogP contribution in [-0.4, -0.2) is 37.2 Å². The first-order chi connectivity index (χ1) is 6.13. The van der Waals surface area contributed by atoms with Gasteiger partial charge >= 0.3 is 0 Å². The molecule has 0 aliphatic carbocycles. The highest BCUT2D eigenvalue weighted by Gasteiger charge is 2.07. The SMILES string of the molecule is C/N=C(/CCCC=O)N(C)C(C)C. The predicted octanol–water partition coefficient (Wildman–Crippen LogP) is 1.72. The summed E-state index contributed by atoms with van der Waals surface area (Å²) in [6, 6.07) is 0.468. The fraction of sp³-hybridized carbons (Fsp3) is 0.800. The zero-order valence-corrected chi connectivity index (χ0v) is 9.08. The Bertz CT molecular complexity index is 176. The van der Waals surface area contributed by atoms with Crippen LogP contribution in [0.5, 0.6) is 0 Å². The molecular formula is C10H20N2O. The number of aldehydes is 1. The molecule has 0 rings (SSSR count). The van der Waals surface area contributed by atoms with E-state index in [9.17, 15) is 4.79 Å². The molecule has 0 saturated carbocycles. The Labute approximate surface area is 80.8 Å². The van der Waals surface area contributed by atoms with E-state index in [4.69, 9.17) is 0 Å². The van der Waals surface area contributed by atoms with Gasteiger partial charge in [-0.15, -0.1) is 0 Å². The monoisotopic (exact) mass is 184 g/mol. The summed E-state index contributed by atoms with van der Waals surface area (Å²) in [6.45, 7) is 4.26. The molecule has 0 aromatic rings. The molecule has 3 heteroatoms. The molecule has 0 aliphatic heterocycles. The van der Waals surface area contributed by atoms with Gasteiger partial charge in [-0.25, -0.2) is 0 Å². The van der Waals surface area contributed by atoms with Crippen molar-refractivity contribution in [2.45, 2.75) is 39.2 Å². The minimum absolute atomic E-state index is 0.468. The topological polar surface area (TPSA) is 32.7 Å². The van der Waals surface area contributed by atoms with Gasteiger partial charge in [-0.05, 0) is 20.3 Å². The van der Waals surface area contributed by atoms with Crippen molar-refractivity contribution in [1.82, 2.24) is 4.90 Å². The van der Waals surface area contributed by atoms with Gasteiger partial charge in [0.15, 0.2) is 0 Å². The maximum atomic E-state index is 10.1. The largest absolute Gasteiger partial charge is 0.361 e. The van der Waals surface area contributed by atoms with E-state index in [1.807, 2.05) is 7.05 Å². The maximum Gasteiger partial charge on any atom is 0.120 e. The highest BCUT2D eigenvalue weighted by atomic mass is 16.1. The number of nitrogens with zero attached hydrogens (tertiary/aromatic N) is 2. The third-order valence-corrected chi connectivity index (χ3v) is 2.16. The third-order valence-electron chi connectivity index (χ3n) is 2.16. The molecule has 0 aromatic carbocycles. The molecule has 0 amide bonds. The van der Waals surface area contributed by atoms with Crippen LogP contribution in [0.3, 0.4) is 0 Å². The Hall–Kier alpha value is -0.860. The molecule has 0 spiro atoms. The highest BCUT2D eigenvalue weighted by molar-refractivity contribution is 5.82. The van der Waals surface area contributed by atoms with E-state index in [0.29, 0.717) is 12.5 Å². The van der Waals surface area contributed by atoms with Gasteiger partial charge in [0.2, 0.25) is 0 Å². The lowest BCUT2D eigenvalue weighted by Gasteiger charge is -2.25. The van der Waals surface area contributed by atoms with Crippen LogP contribution in [0, 0.1) is 0 Å². The van der Waals surface area contributed by atoms with Crippen molar-refractivity contribution in [2.75, 3.05) is 14.1 Å². The first-order valence-electron chi connectivity index (χ1n) is 4.75. The molecule has 0 saturated heterocycles. The van der Waals surface area contributed by atoms with Crippen molar-refractivity contribution in [3.63, 3.8) is 0 Å². The van der Waals surface area contributed by atoms with Crippen LogP contribution in [0.1, 0.15) is 33.1 Å². The van der Waals surface area contributed by atoms with Gasteiger partial charge in [0.1, 0.15) is 6.29 Å².